The Labute approximate surface area is 91.7 Å². The van der Waals surface area contributed by atoms with Crippen molar-refractivity contribution in [2.45, 2.75) is 45.4 Å². The first kappa shape index (κ1) is 12.1. The molecule has 3 unspecified atom stereocenters. The Morgan fingerprint density at radius 2 is 2.13 bits per heavy atom. The lowest BCUT2D eigenvalue weighted by Gasteiger charge is -2.24. The van der Waals surface area contributed by atoms with Gasteiger partial charge in [0, 0.05) is 12.2 Å². The van der Waals surface area contributed by atoms with Crippen LogP contribution in [0.2, 0.25) is 0 Å². The highest BCUT2D eigenvalue weighted by Gasteiger charge is 2.19. The first-order valence-electron chi connectivity index (χ1n) is 5.47. The van der Waals surface area contributed by atoms with Crippen LogP contribution in [0.5, 0.6) is 0 Å². The minimum atomic E-state index is -0.110. The van der Waals surface area contributed by atoms with Gasteiger partial charge in [-0.1, -0.05) is 13.0 Å². The molecule has 15 heavy (non-hydrogen) atoms. The van der Waals surface area contributed by atoms with Crippen LogP contribution in [0.1, 0.15) is 39.0 Å². The van der Waals surface area contributed by atoms with Crippen LogP contribution in [0.4, 0.5) is 0 Å². The fourth-order valence-corrected chi connectivity index (χ4v) is 1.35. The Hall–Kier alpha value is -0.930. The smallest absolute Gasteiger partial charge is 0.114 e. The summed E-state index contributed by atoms with van der Waals surface area (Å²) >= 11 is 0. The number of hydrogen-bond acceptors (Lipinski definition) is 3. The predicted molar refractivity (Wildman–Crippen MR) is 61.5 cm³/mol. The van der Waals surface area contributed by atoms with Gasteiger partial charge >= 0.3 is 0 Å². The third-order valence-corrected chi connectivity index (χ3v) is 2.41. The van der Waals surface area contributed by atoms with Gasteiger partial charge in [0.25, 0.3) is 0 Å². The van der Waals surface area contributed by atoms with Crippen LogP contribution in [-0.2, 0) is 4.74 Å². The maximum Gasteiger partial charge on any atom is 0.114 e. The summed E-state index contributed by atoms with van der Waals surface area (Å²) < 4.78 is 5.86. The van der Waals surface area contributed by atoms with Gasteiger partial charge in [0.05, 0.1) is 11.8 Å². The Bertz CT molecular complexity index is 274. The predicted octanol–water partition coefficient (Wildman–Crippen LogP) is 2.28. The second-order valence-corrected chi connectivity index (χ2v) is 3.89. The van der Waals surface area contributed by atoms with Gasteiger partial charge < -0.3 is 10.5 Å². The lowest BCUT2D eigenvalue weighted by atomic mass is 10.1. The normalized spacial score (nSPS) is 17.1. The monoisotopic (exact) mass is 208 g/mol. The molecule has 3 heteroatoms. The zero-order valence-corrected chi connectivity index (χ0v) is 9.68. The molecule has 3 atom stereocenters. The lowest BCUT2D eigenvalue weighted by molar-refractivity contribution is -0.0184. The summed E-state index contributed by atoms with van der Waals surface area (Å²) in [4.78, 5) is 4.28. The van der Waals surface area contributed by atoms with E-state index in [2.05, 4.69) is 18.8 Å². The molecule has 0 aliphatic rings. The van der Waals surface area contributed by atoms with E-state index in [1.807, 2.05) is 25.1 Å². The third kappa shape index (κ3) is 3.61. The molecule has 0 aliphatic heterocycles. The molecule has 2 N–H and O–H groups in total. The van der Waals surface area contributed by atoms with Gasteiger partial charge in [-0.3, -0.25) is 4.98 Å². The molecule has 1 aromatic rings. The fraction of sp³-hybridized carbons (Fsp3) is 0.583. The van der Waals surface area contributed by atoms with Crippen LogP contribution in [0.3, 0.4) is 0 Å². The van der Waals surface area contributed by atoms with E-state index in [4.69, 9.17) is 10.5 Å². The van der Waals surface area contributed by atoms with Crippen molar-refractivity contribution in [1.82, 2.24) is 4.98 Å². The van der Waals surface area contributed by atoms with Crippen molar-refractivity contribution in [3.05, 3.63) is 30.1 Å². The van der Waals surface area contributed by atoms with Gasteiger partial charge in [-0.2, -0.15) is 0 Å². The molecule has 0 aliphatic carbocycles. The molecular weight excluding hydrogens is 188 g/mol. The largest absolute Gasteiger partial charge is 0.367 e. The van der Waals surface area contributed by atoms with E-state index < -0.39 is 0 Å². The number of pyridine rings is 1. The highest BCUT2D eigenvalue weighted by Crippen LogP contribution is 2.20. The molecule has 0 amide bonds. The summed E-state index contributed by atoms with van der Waals surface area (Å²) in [5.74, 6) is 0. The standard InChI is InChI=1S/C12H20N2O/c1-4-9(2)15-12(10(3)13)11-7-5-6-8-14-11/h5-10,12H,4,13H2,1-3H3. The van der Waals surface area contributed by atoms with Gasteiger partial charge in [0.1, 0.15) is 6.10 Å². The Balaban J connectivity index is 2.75. The van der Waals surface area contributed by atoms with Crippen molar-refractivity contribution in [1.29, 1.82) is 0 Å². The van der Waals surface area contributed by atoms with E-state index in [9.17, 15) is 0 Å². The molecule has 0 spiro atoms. The first-order valence-corrected chi connectivity index (χ1v) is 5.47. The van der Waals surface area contributed by atoms with Crippen LogP contribution >= 0.6 is 0 Å². The third-order valence-electron chi connectivity index (χ3n) is 2.41. The van der Waals surface area contributed by atoms with E-state index in [1.165, 1.54) is 0 Å². The van der Waals surface area contributed by atoms with Crippen molar-refractivity contribution in [2.75, 3.05) is 0 Å². The summed E-state index contributed by atoms with van der Waals surface area (Å²) in [6, 6.07) is 5.76. The van der Waals surface area contributed by atoms with Crippen LogP contribution in [-0.4, -0.2) is 17.1 Å². The minimum Gasteiger partial charge on any atom is -0.367 e. The molecule has 0 saturated heterocycles. The summed E-state index contributed by atoms with van der Waals surface area (Å²) in [7, 11) is 0. The average Bonchev–Trinajstić information content (AvgIpc) is 2.26. The molecular formula is C12H20N2O. The molecule has 1 rings (SSSR count). The quantitative estimate of drug-likeness (QED) is 0.807. The Kier molecular flexibility index (Phi) is 4.72. The van der Waals surface area contributed by atoms with Crippen molar-refractivity contribution in [3.8, 4) is 0 Å². The van der Waals surface area contributed by atoms with Gasteiger partial charge in [0.15, 0.2) is 0 Å². The average molecular weight is 208 g/mol. The maximum absolute atomic E-state index is 5.91. The highest BCUT2D eigenvalue weighted by molar-refractivity contribution is 5.08. The maximum atomic E-state index is 5.91. The summed E-state index contributed by atoms with van der Waals surface area (Å²) in [6.45, 7) is 6.10. The number of hydrogen-bond donors (Lipinski definition) is 1. The molecule has 0 fully saturated rings. The summed E-state index contributed by atoms with van der Waals surface area (Å²) in [5.41, 5.74) is 6.82. The van der Waals surface area contributed by atoms with Crippen LogP contribution in [0.25, 0.3) is 0 Å². The van der Waals surface area contributed by atoms with E-state index in [-0.39, 0.29) is 18.2 Å². The fourth-order valence-electron chi connectivity index (χ4n) is 1.35. The van der Waals surface area contributed by atoms with E-state index in [1.54, 1.807) is 6.20 Å². The van der Waals surface area contributed by atoms with E-state index in [0.29, 0.717) is 0 Å². The van der Waals surface area contributed by atoms with Crippen molar-refractivity contribution in [3.63, 3.8) is 0 Å². The van der Waals surface area contributed by atoms with E-state index in [0.717, 1.165) is 12.1 Å². The SMILES string of the molecule is CCC(C)OC(c1ccccn1)C(C)N. The van der Waals surface area contributed by atoms with Gasteiger partial charge in [-0.15, -0.1) is 0 Å². The van der Waals surface area contributed by atoms with E-state index >= 15 is 0 Å². The summed E-state index contributed by atoms with van der Waals surface area (Å²) in [5, 5.41) is 0. The molecule has 1 aromatic heterocycles. The lowest BCUT2D eigenvalue weighted by Crippen LogP contribution is -2.30. The molecule has 0 aromatic carbocycles. The molecule has 3 nitrogen and oxygen atoms in total. The second-order valence-electron chi connectivity index (χ2n) is 3.89. The summed E-state index contributed by atoms with van der Waals surface area (Å²) in [6.07, 6.45) is 2.85. The zero-order chi connectivity index (χ0) is 11.3. The van der Waals surface area contributed by atoms with Gasteiger partial charge in [-0.25, -0.2) is 0 Å². The Morgan fingerprint density at radius 3 is 2.60 bits per heavy atom. The molecule has 0 radical (unpaired) electrons. The van der Waals surface area contributed by atoms with Crippen LogP contribution < -0.4 is 5.73 Å². The molecule has 84 valence electrons. The molecule has 1 heterocycles. The van der Waals surface area contributed by atoms with Crippen LogP contribution in [0.15, 0.2) is 24.4 Å². The first-order chi connectivity index (χ1) is 7.15. The molecule has 0 saturated carbocycles. The van der Waals surface area contributed by atoms with Crippen LogP contribution in [0, 0.1) is 0 Å². The topological polar surface area (TPSA) is 48.1 Å². The molecule has 0 bridgehead atoms. The number of rotatable bonds is 5. The minimum absolute atomic E-state index is 0.0473. The number of nitrogens with two attached hydrogens (primary N) is 1. The highest BCUT2D eigenvalue weighted by atomic mass is 16.5. The van der Waals surface area contributed by atoms with Gasteiger partial charge in [0.2, 0.25) is 0 Å². The zero-order valence-electron chi connectivity index (χ0n) is 9.68. The Morgan fingerprint density at radius 1 is 1.40 bits per heavy atom. The second kappa shape index (κ2) is 5.83. The number of aromatic nitrogens is 1. The number of nitrogens with zero attached hydrogens (tertiary/aromatic N) is 1. The van der Waals surface area contributed by atoms with Crippen molar-refractivity contribution >= 4 is 0 Å². The number of ether oxygens (including phenoxy) is 1. The van der Waals surface area contributed by atoms with Gasteiger partial charge in [-0.05, 0) is 32.4 Å². The van der Waals surface area contributed by atoms with Crippen molar-refractivity contribution in [2.24, 2.45) is 5.73 Å². The van der Waals surface area contributed by atoms with Crippen molar-refractivity contribution < 1.29 is 4.74 Å².